The number of carbonyl (C=O) groups excluding carboxylic acids is 1. The first-order chi connectivity index (χ1) is 8.79. The number of ether oxygens (including phenoxy) is 2. The van der Waals surface area contributed by atoms with Gasteiger partial charge in [0.15, 0.2) is 5.79 Å². The molecule has 0 saturated carbocycles. The highest BCUT2D eigenvalue weighted by Crippen LogP contribution is 2.31. The Balaban J connectivity index is 1.61. The summed E-state index contributed by atoms with van der Waals surface area (Å²) < 4.78 is 11.5. The van der Waals surface area contributed by atoms with Crippen LogP contribution < -0.4 is 0 Å². The van der Waals surface area contributed by atoms with E-state index in [9.17, 15) is 4.79 Å². The van der Waals surface area contributed by atoms with E-state index in [0.717, 1.165) is 50.4 Å². The van der Waals surface area contributed by atoms with Crippen LogP contribution >= 0.6 is 11.3 Å². The molecule has 0 bridgehead atoms. The van der Waals surface area contributed by atoms with Gasteiger partial charge in [-0.05, 0) is 17.9 Å². The van der Waals surface area contributed by atoms with Gasteiger partial charge >= 0.3 is 0 Å². The quantitative estimate of drug-likeness (QED) is 0.782. The van der Waals surface area contributed by atoms with Crippen molar-refractivity contribution in [3.63, 3.8) is 0 Å². The Morgan fingerprint density at radius 2 is 2.00 bits per heavy atom. The minimum Gasteiger partial charge on any atom is -0.350 e. The number of carbonyl (C=O) groups is 1. The zero-order valence-corrected chi connectivity index (χ0v) is 11.1. The number of amides is 1. The minimum absolute atomic E-state index is 0.135. The third-order valence-corrected chi connectivity index (χ3v) is 4.42. The smallest absolute Gasteiger partial charge is 0.263 e. The Morgan fingerprint density at radius 1 is 1.28 bits per heavy atom. The molecule has 0 aliphatic carbocycles. The number of piperidine rings is 1. The monoisotopic (exact) mass is 267 g/mol. The third-order valence-electron chi connectivity index (χ3n) is 3.56. The number of hydrogen-bond donors (Lipinski definition) is 0. The van der Waals surface area contributed by atoms with Gasteiger partial charge in [-0.3, -0.25) is 4.79 Å². The first kappa shape index (κ1) is 12.1. The van der Waals surface area contributed by atoms with Crippen LogP contribution in [0.3, 0.4) is 0 Å². The van der Waals surface area contributed by atoms with Crippen molar-refractivity contribution in [1.82, 2.24) is 4.90 Å². The molecule has 3 heterocycles. The molecule has 3 rings (SSSR count). The lowest BCUT2D eigenvalue weighted by molar-refractivity contribution is -0.281. The molecule has 2 saturated heterocycles. The van der Waals surface area contributed by atoms with E-state index in [2.05, 4.69) is 0 Å². The maximum atomic E-state index is 12.2. The van der Waals surface area contributed by atoms with Gasteiger partial charge in [-0.2, -0.15) is 0 Å². The largest absolute Gasteiger partial charge is 0.350 e. The zero-order chi connectivity index (χ0) is 12.4. The normalized spacial score (nSPS) is 23.2. The van der Waals surface area contributed by atoms with Crippen molar-refractivity contribution in [3.8, 4) is 0 Å². The Bertz CT molecular complexity index is 402. The number of hydrogen-bond acceptors (Lipinski definition) is 4. The molecule has 5 heteroatoms. The number of rotatable bonds is 1. The fourth-order valence-electron chi connectivity index (χ4n) is 2.51. The predicted molar refractivity (Wildman–Crippen MR) is 68.7 cm³/mol. The third kappa shape index (κ3) is 2.30. The summed E-state index contributed by atoms with van der Waals surface area (Å²) in [7, 11) is 0. The highest BCUT2D eigenvalue weighted by Gasteiger charge is 2.39. The van der Waals surface area contributed by atoms with Crippen molar-refractivity contribution in [2.24, 2.45) is 0 Å². The molecule has 18 heavy (non-hydrogen) atoms. The van der Waals surface area contributed by atoms with E-state index in [4.69, 9.17) is 9.47 Å². The molecule has 1 amide bonds. The van der Waals surface area contributed by atoms with Crippen LogP contribution in [-0.4, -0.2) is 42.9 Å². The highest BCUT2D eigenvalue weighted by atomic mass is 32.1. The molecular weight excluding hydrogens is 250 g/mol. The first-order valence-electron chi connectivity index (χ1n) is 6.40. The van der Waals surface area contributed by atoms with E-state index in [0.29, 0.717) is 0 Å². The molecule has 4 nitrogen and oxygen atoms in total. The van der Waals surface area contributed by atoms with Gasteiger partial charge < -0.3 is 14.4 Å². The molecule has 2 fully saturated rings. The first-order valence-corrected chi connectivity index (χ1v) is 7.28. The standard InChI is InChI=1S/C13H17NO3S/c15-12(11-3-1-10-18-11)14-6-4-13(5-7-14)16-8-2-9-17-13/h1,3,10H,2,4-9H2. The lowest BCUT2D eigenvalue weighted by Crippen LogP contribution is -2.51. The van der Waals surface area contributed by atoms with Crippen LogP contribution in [-0.2, 0) is 9.47 Å². The Morgan fingerprint density at radius 3 is 2.61 bits per heavy atom. The highest BCUT2D eigenvalue weighted by molar-refractivity contribution is 7.12. The van der Waals surface area contributed by atoms with Gasteiger partial charge in [0.1, 0.15) is 0 Å². The second-order valence-electron chi connectivity index (χ2n) is 4.73. The van der Waals surface area contributed by atoms with Gasteiger partial charge in [0.05, 0.1) is 18.1 Å². The fraction of sp³-hybridized carbons (Fsp3) is 0.615. The Labute approximate surface area is 110 Å². The van der Waals surface area contributed by atoms with E-state index < -0.39 is 5.79 Å². The van der Waals surface area contributed by atoms with Crippen LogP contribution in [0.25, 0.3) is 0 Å². The van der Waals surface area contributed by atoms with E-state index >= 15 is 0 Å². The van der Waals surface area contributed by atoms with E-state index in [-0.39, 0.29) is 5.91 Å². The van der Waals surface area contributed by atoms with Crippen molar-refractivity contribution in [2.75, 3.05) is 26.3 Å². The minimum atomic E-state index is -0.412. The SMILES string of the molecule is O=C(c1cccs1)N1CCC2(CC1)OCCCO2. The van der Waals surface area contributed by atoms with Gasteiger partial charge in [0.2, 0.25) is 0 Å². The van der Waals surface area contributed by atoms with Gasteiger partial charge in [-0.15, -0.1) is 11.3 Å². The van der Waals surface area contributed by atoms with E-state index in [1.54, 1.807) is 0 Å². The number of nitrogens with zero attached hydrogens (tertiary/aromatic N) is 1. The average Bonchev–Trinajstić information content (AvgIpc) is 2.94. The molecule has 2 aliphatic rings. The molecule has 98 valence electrons. The number of likely N-dealkylation sites (tertiary alicyclic amines) is 1. The van der Waals surface area contributed by atoms with Crippen LogP contribution in [0.15, 0.2) is 17.5 Å². The lowest BCUT2D eigenvalue weighted by Gasteiger charge is -2.43. The van der Waals surface area contributed by atoms with Crippen molar-refractivity contribution in [1.29, 1.82) is 0 Å². The molecule has 1 aromatic heterocycles. The van der Waals surface area contributed by atoms with E-state index in [1.807, 2.05) is 22.4 Å². The predicted octanol–water partition coefficient (Wildman–Crippen LogP) is 2.12. The molecule has 0 unspecified atom stereocenters. The molecular formula is C13H17NO3S. The van der Waals surface area contributed by atoms with Gasteiger partial charge in [-0.1, -0.05) is 6.07 Å². The zero-order valence-electron chi connectivity index (χ0n) is 10.3. The summed E-state index contributed by atoms with van der Waals surface area (Å²) in [5, 5.41) is 1.94. The summed E-state index contributed by atoms with van der Waals surface area (Å²) >= 11 is 1.50. The van der Waals surface area contributed by atoms with Crippen molar-refractivity contribution >= 4 is 17.2 Å². The Kier molecular flexibility index (Phi) is 3.37. The molecule has 0 radical (unpaired) electrons. The van der Waals surface area contributed by atoms with Gasteiger partial charge in [-0.25, -0.2) is 0 Å². The number of thiophene rings is 1. The lowest BCUT2D eigenvalue weighted by atomic mass is 10.0. The van der Waals surface area contributed by atoms with Crippen LogP contribution in [0.1, 0.15) is 28.9 Å². The molecule has 0 atom stereocenters. The second-order valence-corrected chi connectivity index (χ2v) is 5.68. The van der Waals surface area contributed by atoms with E-state index in [1.165, 1.54) is 11.3 Å². The van der Waals surface area contributed by atoms with Crippen molar-refractivity contribution < 1.29 is 14.3 Å². The van der Waals surface area contributed by atoms with Crippen molar-refractivity contribution in [2.45, 2.75) is 25.0 Å². The summed E-state index contributed by atoms with van der Waals surface area (Å²) in [6, 6.07) is 3.79. The fourth-order valence-corrected chi connectivity index (χ4v) is 3.20. The maximum Gasteiger partial charge on any atom is 0.263 e. The second kappa shape index (κ2) is 4.99. The molecule has 0 aromatic carbocycles. The van der Waals surface area contributed by atoms with Crippen LogP contribution in [0.4, 0.5) is 0 Å². The van der Waals surface area contributed by atoms with Gasteiger partial charge in [0, 0.05) is 25.9 Å². The van der Waals surface area contributed by atoms with Crippen LogP contribution in [0.2, 0.25) is 0 Å². The van der Waals surface area contributed by atoms with Gasteiger partial charge in [0.25, 0.3) is 5.91 Å². The molecule has 1 spiro atoms. The summed E-state index contributed by atoms with van der Waals surface area (Å²) in [4.78, 5) is 14.9. The Hall–Kier alpha value is -0.910. The maximum absolute atomic E-state index is 12.2. The summed E-state index contributed by atoms with van der Waals surface area (Å²) in [6.45, 7) is 2.99. The van der Waals surface area contributed by atoms with Crippen molar-refractivity contribution in [3.05, 3.63) is 22.4 Å². The summed E-state index contributed by atoms with van der Waals surface area (Å²) in [6.07, 6.45) is 2.54. The summed E-state index contributed by atoms with van der Waals surface area (Å²) in [5.74, 6) is -0.277. The summed E-state index contributed by atoms with van der Waals surface area (Å²) in [5.41, 5.74) is 0. The van der Waals surface area contributed by atoms with Crippen LogP contribution in [0.5, 0.6) is 0 Å². The topological polar surface area (TPSA) is 38.8 Å². The molecule has 2 aliphatic heterocycles. The average molecular weight is 267 g/mol. The van der Waals surface area contributed by atoms with Crippen LogP contribution in [0, 0.1) is 0 Å². The molecule has 1 aromatic rings. The molecule has 0 N–H and O–H groups in total.